The van der Waals surface area contributed by atoms with E-state index >= 15 is 0 Å². The number of sulfone groups is 1. The summed E-state index contributed by atoms with van der Waals surface area (Å²) in [7, 11) is -2.98. The minimum absolute atomic E-state index is 0.0652. The highest BCUT2D eigenvalue weighted by Crippen LogP contribution is 2.26. The number of carbonyl (C=O) groups is 1. The number of hydrogen-bond donors (Lipinski definition) is 0. The first-order valence-electron chi connectivity index (χ1n) is 5.07. The number of aldehydes is 1. The van der Waals surface area contributed by atoms with Gasteiger partial charge in [-0.15, -0.1) is 0 Å². The topological polar surface area (TPSA) is 90.1 Å². The van der Waals surface area contributed by atoms with Crippen LogP contribution in [0, 0.1) is 0 Å². The molecule has 7 heteroatoms. The Balaban J connectivity index is 2.14. The summed E-state index contributed by atoms with van der Waals surface area (Å²) in [6.07, 6.45) is 2.15. The van der Waals surface area contributed by atoms with Gasteiger partial charge in [0.25, 0.3) is 0 Å². The highest BCUT2D eigenvalue weighted by Gasteiger charge is 2.29. The molecule has 1 aromatic heterocycles. The molecule has 0 amide bonds. The lowest BCUT2D eigenvalue weighted by molar-refractivity contribution is -0.107. The Morgan fingerprint density at radius 1 is 1.50 bits per heavy atom. The summed E-state index contributed by atoms with van der Waals surface area (Å²) in [5.41, 5.74) is 0. The smallest absolute Gasteiger partial charge is 0.230 e. The van der Waals surface area contributed by atoms with Gasteiger partial charge in [0.2, 0.25) is 5.89 Å². The highest BCUT2D eigenvalue weighted by molar-refractivity contribution is 7.91. The summed E-state index contributed by atoms with van der Waals surface area (Å²) in [6, 6.07) is 0. The van der Waals surface area contributed by atoms with E-state index in [1.165, 1.54) is 0 Å². The molecule has 1 aliphatic rings. The molecule has 0 bridgehead atoms. The Hall–Kier alpha value is -1.24. The van der Waals surface area contributed by atoms with Gasteiger partial charge in [-0.3, -0.25) is 0 Å². The predicted octanol–water partition coefficient (Wildman–Crippen LogP) is 0.103. The van der Waals surface area contributed by atoms with Crippen LogP contribution in [0.15, 0.2) is 4.52 Å². The van der Waals surface area contributed by atoms with E-state index in [9.17, 15) is 13.2 Å². The number of rotatable bonds is 3. The molecule has 2 heterocycles. The lowest BCUT2D eigenvalue weighted by Crippen LogP contribution is -2.23. The molecule has 0 aliphatic carbocycles. The third kappa shape index (κ3) is 2.46. The van der Waals surface area contributed by atoms with E-state index < -0.39 is 9.84 Å². The van der Waals surface area contributed by atoms with Crippen molar-refractivity contribution in [2.45, 2.75) is 25.2 Å². The molecular formula is C9H12N2O4S. The summed E-state index contributed by atoms with van der Waals surface area (Å²) in [5.74, 6) is 0.730. The first-order valence-corrected chi connectivity index (χ1v) is 6.89. The van der Waals surface area contributed by atoms with Crippen molar-refractivity contribution in [1.82, 2.24) is 10.1 Å². The van der Waals surface area contributed by atoms with Crippen molar-refractivity contribution in [3.8, 4) is 0 Å². The van der Waals surface area contributed by atoms with Crippen LogP contribution in [0.4, 0.5) is 0 Å². The van der Waals surface area contributed by atoms with Crippen LogP contribution in [0.25, 0.3) is 0 Å². The summed E-state index contributed by atoms with van der Waals surface area (Å²) in [6.45, 7) is 0. The summed E-state index contributed by atoms with van der Waals surface area (Å²) in [4.78, 5) is 14.3. The Kier molecular flexibility index (Phi) is 3.04. The first kappa shape index (κ1) is 11.3. The Morgan fingerprint density at radius 3 is 3.00 bits per heavy atom. The second kappa shape index (κ2) is 4.32. The van der Waals surface area contributed by atoms with Crippen molar-refractivity contribution < 1.29 is 17.7 Å². The van der Waals surface area contributed by atoms with Crippen LogP contribution in [0.1, 0.15) is 30.5 Å². The fourth-order valence-corrected chi connectivity index (χ4v) is 3.50. The van der Waals surface area contributed by atoms with Crippen LogP contribution in [0.2, 0.25) is 0 Å². The van der Waals surface area contributed by atoms with Crippen molar-refractivity contribution >= 4 is 16.1 Å². The zero-order valence-electron chi connectivity index (χ0n) is 8.63. The third-order valence-electron chi connectivity index (χ3n) is 2.56. The molecule has 16 heavy (non-hydrogen) atoms. The lowest BCUT2D eigenvalue weighted by atomic mass is 10.1. The lowest BCUT2D eigenvalue weighted by Gasteiger charge is -2.17. The second-order valence-corrected chi connectivity index (χ2v) is 6.10. The number of carbonyl (C=O) groups excluding carboxylic acids is 1. The van der Waals surface area contributed by atoms with E-state index in [1.54, 1.807) is 0 Å². The van der Waals surface area contributed by atoms with Gasteiger partial charge in [0.05, 0.1) is 23.8 Å². The molecule has 1 unspecified atom stereocenters. The zero-order chi connectivity index (χ0) is 11.6. The maximum atomic E-state index is 11.4. The highest BCUT2D eigenvalue weighted by atomic mass is 32.2. The number of hydrogen-bond acceptors (Lipinski definition) is 6. The molecule has 88 valence electrons. The van der Waals surface area contributed by atoms with Crippen LogP contribution in [-0.4, -0.2) is 36.4 Å². The van der Waals surface area contributed by atoms with E-state index in [-0.39, 0.29) is 23.8 Å². The molecule has 1 aliphatic heterocycles. The molecule has 1 aromatic rings. The average Bonchev–Trinajstić information content (AvgIpc) is 2.65. The molecular weight excluding hydrogens is 232 g/mol. The van der Waals surface area contributed by atoms with E-state index in [0.717, 1.165) is 6.42 Å². The van der Waals surface area contributed by atoms with Gasteiger partial charge in [0.1, 0.15) is 6.29 Å². The maximum absolute atomic E-state index is 11.4. The van der Waals surface area contributed by atoms with Crippen LogP contribution in [-0.2, 0) is 21.1 Å². The van der Waals surface area contributed by atoms with Crippen molar-refractivity contribution in [1.29, 1.82) is 0 Å². The Morgan fingerprint density at radius 2 is 2.31 bits per heavy atom. The fourth-order valence-electron chi connectivity index (χ4n) is 1.81. The molecule has 0 radical (unpaired) electrons. The van der Waals surface area contributed by atoms with E-state index in [4.69, 9.17) is 4.52 Å². The second-order valence-electron chi connectivity index (χ2n) is 3.87. The van der Waals surface area contributed by atoms with Gasteiger partial charge < -0.3 is 9.32 Å². The molecule has 2 rings (SSSR count). The number of nitrogens with zero attached hydrogens (tertiary/aromatic N) is 2. The predicted molar refractivity (Wildman–Crippen MR) is 54.7 cm³/mol. The van der Waals surface area contributed by atoms with Crippen molar-refractivity contribution in [3.05, 3.63) is 11.7 Å². The Labute approximate surface area is 93.0 Å². The Bertz CT molecular complexity index is 479. The van der Waals surface area contributed by atoms with Crippen LogP contribution in [0.3, 0.4) is 0 Å². The third-order valence-corrected chi connectivity index (χ3v) is 4.38. The normalized spacial score (nSPS) is 24.1. The van der Waals surface area contributed by atoms with Crippen LogP contribution < -0.4 is 0 Å². The van der Waals surface area contributed by atoms with E-state index in [2.05, 4.69) is 10.1 Å². The minimum Gasteiger partial charge on any atom is -0.339 e. The summed E-state index contributed by atoms with van der Waals surface area (Å²) < 4.78 is 27.8. The van der Waals surface area contributed by atoms with Gasteiger partial charge in [-0.25, -0.2) is 8.42 Å². The summed E-state index contributed by atoms with van der Waals surface area (Å²) in [5, 5.41) is 3.62. The average molecular weight is 244 g/mol. The SMILES string of the molecule is O=CCc1noc(C2CCCS(=O)(=O)C2)n1. The molecule has 0 spiro atoms. The fraction of sp³-hybridized carbons (Fsp3) is 0.667. The standard InChI is InChI=1S/C9H12N2O4S/c12-4-3-8-10-9(15-11-8)7-2-1-5-16(13,14)6-7/h4,7H,1-3,5-6H2. The maximum Gasteiger partial charge on any atom is 0.230 e. The molecule has 0 aromatic carbocycles. The van der Waals surface area contributed by atoms with Gasteiger partial charge in [-0.05, 0) is 12.8 Å². The van der Waals surface area contributed by atoms with E-state index in [0.29, 0.717) is 24.4 Å². The van der Waals surface area contributed by atoms with Crippen molar-refractivity contribution in [2.75, 3.05) is 11.5 Å². The largest absolute Gasteiger partial charge is 0.339 e. The van der Waals surface area contributed by atoms with Gasteiger partial charge in [0, 0.05) is 0 Å². The first-order chi connectivity index (χ1) is 7.61. The number of aromatic nitrogens is 2. The van der Waals surface area contributed by atoms with Gasteiger partial charge >= 0.3 is 0 Å². The molecule has 6 nitrogen and oxygen atoms in total. The van der Waals surface area contributed by atoms with Gasteiger partial charge in [-0.1, -0.05) is 5.16 Å². The molecule has 0 N–H and O–H groups in total. The minimum atomic E-state index is -2.98. The van der Waals surface area contributed by atoms with Gasteiger partial charge in [0.15, 0.2) is 15.7 Å². The zero-order valence-corrected chi connectivity index (χ0v) is 9.44. The summed E-state index contributed by atoms with van der Waals surface area (Å²) >= 11 is 0. The quantitative estimate of drug-likeness (QED) is 0.700. The van der Waals surface area contributed by atoms with Crippen molar-refractivity contribution in [3.63, 3.8) is 0 Å². The molecule has 1 atom stereocenters. The van der Waals surface area contributed by atoms with E-state index in [1.807, 2.05) is 0 Å². The molecule has 1 fully saturated rings. The molecule has 1 saturated heterocycles. The van der Waals surface area contributed by atoms with Crippen LogP contribution >= 0.6 is 0 Å². The monoisotopic (exact) mass is 244 g/mol. The van der Waals surface area contributed by atoms with Gasteiger partial charge in [-0.2, -0.15) is 4.98 Å². The molecule has 0 saturated carbocycles. The van der Waals surface area contributed by atoms with Crippen LogP contribution in [0.5, 0.6) is 0 Å². The van der Waals surface area contributed by atoms with Crippen molar-refractivity contribution in [2.24, 2.45) is 0 Å².